The molecule has 0 radical (unpaired) electrons. The topological polar surface area (TPSA) is 43.4 Å². The van der Waals surface area contributed by atoms with Crippen LogP contribution in [-0.4, -0.2) is 5.78 Å². The molecule has 0 aliphatic carbocycles. The molecule has 0 spiro atoms. The summed E-state index contributed by atoms with van der Waals surface area (Å²) in [5.41, 5.74) is 1.40. The highest BCUT2D eigenvalue weighted by Crippen LogP contribution is 2.24. The maximum absolute atomic E-state index is 12.4. The Morgan fingerprint density at radius 3 is 1.60 bits per heavy atom. The Labute approximate surface area is 114 Å². The van der Waals surface area contributed by atoms with Crippen molar-refractivity contribution >= 4 is 27.7 Å². The van der Waals surface area contributed by atoms with Crippen LogP contribution in [-0.2, 0) is 0 Å². The van der Waals surface area contributed by atoms with Gasteiger partial charge >= 0.3 is 0 Å². The molecule has 0 N–H and O–H groups in total. The molecule has 0 atom stereocenters. The minimum absolute atomic E-state index is 0.239. The van der Waals surface area contributed by atoms with Crippen LogP contribution in [0.3, 0.4) is 0 Å². The second kappa shape index (κ2) is 4.10. The van der Waals surface area contributed by atoms with Gasteiger partial charge in [0.1, 0.15) is 11.2 Å². The van der Waals surface area contributed by atoms with Crippen LogP contribution in [0.2, 0.25) is 0 Å². The van der Waals surface area contributed by atoms with Crippen LogP contribution in [0.5, 0.6) is 0 Å². The second-order valence-corrected chi connectivity index (χ2v) is 4.63. The van der Waals surface area contributed by atoms with Crippen molar-refractivity contribution in [3.05, 3.63) is 72.2 Å². The molecule has 2 aromatic heterocycles. The fraction of sp³-hybridized carbons (Fsp3) is 0. The third kappa shape index (κ3) is 1.64. The fourth-order valence-electron chi connectivity index (χ4n) is 2.31. The van der Waals surface area contributed by atoms with E-state index in [0.717, 1.165) is 10.8 Å². The molecule has 3 heteroatoms. The van der Waals surface area contributed by atoms with E-state index in [9.17, 15) is 4.79 Å². The van der Waals surface area contributed by atoms with Gasteiger partial charge in [-0.1, -0.05) is 36.4 Å². The number of carbonyl (C=O) groups is 1. The lowest BCUT2D eigenvalue weighted by Gasteiger charge is -1.90. The largest absolute Gasteiger partial charge is 0.452 e. The zero-order chi connectivity index (χ0) is 13.5. The van der Waals surface area contributed by atoms with E-state index < -0.39 is 0 Å². The van der Waals surface area contributed by atoms with E-state index in [1.54, 1.807) is 12.1 Å². The smallest absolute Gasteiger partial charge is 0.263 e. The predicted octanol–water partition coefficient (Wildman–Crippen LogP) is 4.41. The van der Waals surface area contributed by atoms with Crippen LogP contribution in [0.25, 0.3) is 21.9 Å². The Balaban J connectivity index is 1.82. The quantitative estimate of drug-likeness (QED) is 0.502. The Hall–Kier alpha value is -2.81. The van der Waals surface area contributed by atoms with Crippen molar-refractivity contribution in [2.75, 3.05) is 0 Å². The molecule has 0 saturated carbocycles. The third-order valence-electron chi connectivity index (χ3n) is 3.30. The highest BCUT2D eigenvalue weighted by molar-refractivity contribution is 6.09. The van der Waals surface area contributed by atoms with Gasteiger partial charge in [-0.2, -0.15) is 0 Å². The summed E-state index contributed by atoms with van der Waals surface area (Å²) >= 11 is 0. The van der Waals surface area contributed by atoms with Crippen LogP contribution >= 0.6 is 0 Å². The number of benzene rings is 2. The van der Waals surface area contributed by atoms with Crippen molar-refractivity contribution in [3.63, 3.8) is 0 Å². The first-order valence-electron chi connectivity index (χ1n) is 6.33. The maximum atomic E-state index is 12.4. The zero-order valence-corrected chi connectivity index (χ0v) is 10.5. The molecule has 3 nitrogen and oxygen atoms in total. The average Bonchev–Trinajstić information content (AvgIpc) is 3.10. The van der Waals surface area contributed by atoms with Crippen molar-refractivity contribution in [1.82, 2.24) is 0 Å². The van der Waals surface area contributed by atoms with Crippen molar-refractivity contribution in [2.24, 2.45) is 0 Å². The van der Waals surface area contributed by atoms with Crippen LogP contribution in [0.1, 0.15) is 16.3 Å². The van der Waals surface area contributed by atoms with Crippen LogP contribution in [0.15, 0.2) is 69.5 Å². The summed E-state index contributed by atoms with van der Waals surface area (Å²) in [6.45, 7) is 0. The van der Waals surface area contributed by atoms with Gasteiger partial charge < -0.3 is 8.83 Å². The number of furan rings is 2. The summed E-state index contributed by atoms with van der Waals surface area (Å²) in [6.07, 6.45) is 0. The minimum atomic E-state index is -0.239. The zero-order valence-electron chi connectivity index (χ0n) is 10.5. The summed E-state index contributed by atoms with van der Waals surface area (Å²) in [5.74, 6) is 0.355. The summed E-state index contributed by atoms with van der Waals surface area (Å²) in [7, 11) is 0. The summed E-state index contributed by atoms with van der Waals surface area (Å²) in [5, 5.41) is 1.82. The number of fused-ring (bicyclic) bond motifs is 2. The molecule has 2 heterocycles. The van der Waals surface area contributed by atoms with Crippen LogP contribution in [0, 0.1) is 0 Å². The molecule has 4 aromatic rings. The van der Waals surface area contributed by atoms with Gasteiger partial charge in [0.15, 0.2) is 11.5 Å². The van der Waals surface area contributed by atoms with Gasteiger partial charge in [0.05, 0.1) is 0 Å². The first-order valence-corrected chi connectivity index (χ1v) is 6.33. The monoisotopic (exact) mass is 262 g/mol. The molecule has 0 aliphatic heterocycles. The number of rotatable bonds is 2. The Morgan fingerprint density at radius 1 is 0.700 bits per heavy atom. The Morgan fingerprint density at radius 2 is 1.15 bits per heavy atom. The standard InChI is InChI=1S/C17H10O3/c18-17(15-9-11-5-1-3-7-13(11)19-15)16-10-12-6-2-4-8-14(12)20-16/h1-10H. The lowest BCUT2D eigenvalue weighted by Crippen LogP contribution is -1.96. The molecule has 20 heavy (non-hydrogen) atoms. The highest BCUT2D eigenvalue weighted by Gasteiger charge is 2.18. The van der Waals surface area contributed by atoms with Gasteiger partial charge in [0.25, 0.3) is 5.78 Å². The van der Waals surface area contributed by atoms with Crippen LogP contribution < -0.4 is 0 Å². The maximum Gasteiger partial charge on any atom is 0.263 e. The second-order valence-electron chi connectivity index (χ2n) is 4.63. The number of hydrogen-bond donors (Lipinski definition) is 0. The van der Waals surface area contributed by atoms with Gasteiger partial charge in [-0.3, -0.25) is 4.79 Å². The van der Waals surface area contributed by atoms with Gasteiger partial charge in [-0.25, -0.2) is 0 Å². The first kappa shape index (κ1) is 11.1. The van der Waals surface area contributed by atoms with Crippen molar-refractivity contribution < 1.29 is 13.6 Å². The van der Waals surface area contributed by atoms with Gasteiger partial charge in [0, 0.05) is 10.8 Å². The Bertz CT molecular complexity index is 785. The third-order valence-corrected chi connectivity index (χ3v) is 3.30. The molecule has 4 rings (SSSR count). The van der Waals surface area contributed by atoms with E-state index in [-0.39, 0.29) is 5.78 Å². The van der Waals surface area contributed by atoms with E-state index in [1.165, 1.54) is 0 Å². The number of hydrogen-bond acceptors (Lipinski definition) is 3. The van der Waals surface area contributed by atoms with E-state index in [2.05, 4.69) is 0 Å². The van der Waals surface area contributed by atoms with E-state index in [0.29, 0.717) is 22.7 Å². The molecular formula is C17H10O3. The number of para-hydroxylation sites is 2. The molecule has 0 amide bonds. The summed E-state index contributed by atoms with van der Waals surface area (Å²) in [4.78, 5) is 12.4. The normalized spacial score (nSPS) is 11.2. The molecule has 2 aromatic carbocycles. The summed E-state index contributed by atoms with van der Waals surface area (Å²) in [6, 6.07) is 18.6. The number of carbonyl (C=O) groups excluding carboxylic acids is 1. The molecule has 0 saturated heterocycles. The molecule has 96 valence electrons. The SMILES string of the molecule is O=C(c1cc2ccccc2o1)c1cc2ccccc2o1. The summed E-state index contributed by atoms with van der Waals surface area (Å²) < 4.78 is 11.1. The lowest BCUT2D eigenvalue weighted by molar-refractivity contribution is 0.0987. The highest BCUT2D eigenvalue weighted by atomic mass is 16.4. The Kier molecular flexibility index (Phi) is 2.27. The predicted molar refractivity (Wildman–Crippen MR) is 75.9 cm³/mol. The lowest BCUT2D eigenvalue weighted by atomic mass is 10.2. The molecule has 0 fully saturated rings. The van der Waals surface area contributed by atoms with Crippen LogP contribution in [0.4, 0.5) is 0 Å². The molecule has 0 aliphatic rings. The number of ketones is 1. The fourth-order valence-corrected chi connectivity index (χ4v) is 2.31. The van der Waals surface area contributed by atoms with Gasteiger partial charge in [0.2, 0.25) is 0 Å². The van der Waals surface area contributed by atoms with Gasteiger partial charge in [-0.05, 0) is 24.3 Å². The average molecular weight is 262 g/mol. The van der Waals surface area contributed by atoms with Crippen molar-refractivity contribution in [3.8, 4) is 0 Å². The minimum Gasteiger partial charge on any atom is -0.452 e. The van der Waals surface area contributed by atoms with E-state index in [4.69, 9.17) is 8.83 Å². The van der Waals surface area contributed by atoms with Gasteiger partial charge in [-0.15, -0.1) is 0 Å². The molecule has 0 unspecified atom stereocenters. The van der Waals surface area contributed by atoms with Crippen molar-refractivity contribution in [2.45, 2.75) is 0 Å². The van der Waals surface area contributed by atoms with E-state index >= 15 is 0 Å². The first-order chi connectivity index (χ1) is 9.81. The molecular weight excluding hydrogens is 252 g/mol. The van der Waals surface area contributed by atoms with Crippen molar-refractivity contribution in [1.29, 1.82) is 0 Å². The molecule has 0 bridgehead atoms. The van der Waals surface area contributed by atoms with E-state index in [1.807, 2.05) is 48.5 Å².